The summed E-state index contributed by atoms with van der Waals surface area (Å²) in [5.74, 6) is -0.102. The maximum atomic E-state index is 13.5. The van der Waals surface area contributed by atoms with Gasteiger partial charge in [0.05, 0.1) is 33.6 Å². The van der Waals surface area contributed by atoms with E-state index in [1.165, 1.54) is 0 Å². The van der Waals surface area contributed by atoms with Crippen molar-refractivity contribution >= 4 is 45.9 Å². The summed E-state index contributed by atoms with van der Waals surface area (Å²) < 4.78 is 9.17. The fourth-order valence-electron chi connectivity index (χ4n) is 9.14. The molecule has 1 aliphatic carbocycles. The summed E-state index contributed by atoms with van der Waals surface area (Å²) >= 11 is 6.24. The molecule has 3 fully saturated rings. The van der Waals surface area contributed by atoms with E-state index in [1.807, 2.05) is 30.5 Å². The van der Waals surface area contributed by atoms with Gasteiger partial charge in [-0.25, -0.2) is 4.68 Å². The summed E-state index contributed by atoms with van der Waals surface area (Å²) in [6.45, 7) is 9.87. The maximum Gasteiger partial charge on any atom is 0.278 e. The van der Waals surface area contributed by atoms with Crippen molar-refractivity contribution in [3.63, 3.8) is 0 Å². The first-order valence-electron chi connectivity index (χ1n) is 19.4. The molecule has 1 atom stereocenters. The molecule has 58 heavy (non-hydrogen) atoms. The first-order chi connectivity index (χ1) is 27.7. The number of anilines is 1. The number of rotatable bonds is 9. The lowest BCUT2D eigenvalue weighted by molar-refractivity contribution is -0.164. The number of halogens is 1. The van der Waals surface area contributed by atoms with E-state index >= 15 is 0 Å². The molecule has 0 bridgehead atoms. The Balaban J connectivity index is 0.853. The van der Waals surface area contributed by atoms with Crippen LogP contribution in [-0.2, 0) is 16.0 Å². The number of fused-ring (bicyclic) bond motifs is 1. The van der Waals surface area contributed by atoms with E-state index in [9.17, 15) is 24.4 Å². The molecule has 15 nitrogen and oxygen atoms in total. The number of hydrogen-bond donors (Lipinski definition) is 2. The van der Waals surface area contributed by atoms with Gasteiger partial charge in [-0.1, -0.05) is 49.7 Å². The number of aromatic nitrogens is 6. The summed E-state index contributed by atoms with van der Waals surface area (Å²) in [4.78, 5) is 53.1. The largest absolute Gasteiger partial charge is 0.489 e. The van der Waals surface area contributed by atoms with Gasteiger partial charge >= 0.3 is 0 Å². The molecule has 16 heteroatoms. The summed E-state index contributed by atoms with van der Waals surface area (Å²) in [7, 11) is 0. The molecule has 3 amide bonds. The summed E-state index contributed by atoms with van der Waals surface area (Å²) in [5.41, 5.74) is 2.77. The second-order valence-electron chi connectivity index (χ2n) is 16.6. The predicted octanol–water partition coefficient (Wildman–Crippen LogP) is 4.95. The quantitative estimate of drug-likeness (QED) is 0.192. The maximum absolute atomic E-state index is 13.5. The number of ether oxygens (including phenoxy) is 1. The average molecular weight is 803 g/mol. The molecule has 3 aromatic carbocycles. The van der Waals surface area contributed by atoms with Crippen molar-refractivity contribution < 1.29 is 19.1 Å². The lowest BCUT2D eigenvalue weighted by Gasteiger charge is -2.63. The first-order valence-corrected chi connectivity index (χ1v) is 19.8. The normalized spacial score (nSPS) is 21.5. The SMILES string of the molecule is CC1(C)C(NC(=O)c2ccc(-n3cc(CC4CCN(c5ccc6nnn(C7CCC(=O)NC7=O)c(=O)c6c5)CC4)nn3)cc2)C(C)(C)C1Oc1ccc(C#N)c(Cl)c1. The fraction of sp³-hybridized carbons (Fsp3) is 0.405. The number of benzene rings is 3. The van der Waals surface area contributed by atoms with E-state index in [2.05, 4.69) is 69.9 Å². The highest BCUT2D eigenvalue weighted by Gasteiger charge is 2.64. The zero-order valence-corrected chi connectivity index (χ0v) is 33.4. The molecule has 5 aromatic rings. The molecule has 0 radical (unpaired) electrons. The average Bonchev–Trinajstić information content (AvgIpc) is 3.68. The van der Waals surface area contributed by atoms with Gasteiger partial charge in [0.25, 0.3) is 17.4 Å². The molecule has 0 spiro atoms. The highest BCUT2D eigenvalue weighted by atomic mass is 35.5. The zero-order chi connectivity index (χ0) is 40.9. The van der Waals surface area contributed by atoms with Crippen LogP contribution in [0.3, 0.4) is 0 Å². The van der Waals surface area contributed by atoms with Gasteiger partial charge < -0.3 is 15.0 Å². The van der Waals surface area contributed by atoms with Gasteiger partial charge in [0.2, 0.25) is 5.91 Å². The van der Waals surface area contributed by atoms with Gasteiger partial charge in [0.15, 0.2) is 0 Å². The van der Waals surface area contributed by atoms with Crippen LogP contribution >= 0.6 is 11.6 Å². The third kappa shape index (κ3) is 7.17. The van der Waals surface area contributed by atoms with Crippen molar-refractivity contribution in [1.29, 1.82) is 5.26 Å². The monoisotopic (exact) mass is 802 g/mol. The van der Waals surface area contributed by atoms with Crippen molar-refractivity contribution in [3.05, 3.63) is 99.1 Å². The molecule has 298 valence electrons. The van der Waals surface area contributed by atoms with Crippen LogP contribution in [0.15, 0.2) is 71.7 Å². The lowest BCUT2D eigenvalue weighted by atomic mass is 9.49. The summed E-state index contributed by atoms with van der Waals surface area (Å²) in [6, 6.07) is 18.9. The Hall–Kier alpha value is -6.14. The summed E-state index contributed by atoms with van der Waals surface area (Å²) in [5, 5.41) is 32.4. The van der Waals surface area contributed by atoms with E-state index in [4.69, 9.17) is 16.3 Å². The van der Waals surface area contributed by atoms with Gasteiger partial charge in [-0.3, -0.25) is 24.5 Å². The van der Waals surface area contributed by atoms with Crippen LogP contribution in [0.1, 0.15) is 81.0 Å². The number of hydrogen-bond acceptors (Lipinski definition) is 11. The van der Waals surface area contributed by atoms with Crippen LogP contribution in [-0.4, -0.2) is 72.9 Å². The standard InChI is InChI=1S/C42H43ClN10O5/c1-41(2)39(42(3,4)40(41)58-30-11-7-26(22-44)32(43)21-30)46-36(55)25-5-8-28(9-6-25)52-23-27(47-49-52)19-24-15-17-51(18-16-24)29-10-12-33-31(20-29)38(57)53(50-48-33)34-13-14-35(54)45-37(34)56/h5-12,20-21,23-24,34,39-40H,13-19H2,1-4H3,(H,46,55)(H,45,54,56). The van der Waals surface area contributed by atoms with E-state index in [0.29, 0.717) is 38.7 Å². The topological polar surface area (TPSA) is 190 Å². The van der Waals surface area contributed by atoms with E-state index in [0.717, 1.165) is 54.1 Å². The Morgan fingerprint density at radius 3 is 2.36 bits per heavy atom. The van der Waals surface area contributed by atoms with E-state index in [-0.39, 0.29) is 47.6 Å². The lowest BCUT2D eigenvalue weighted by Crippen LogP contribution is -2.74. The van der Waals surface area contributed by atoms with Crippen LogP contribution in [0.25, 0.3) is 16.6 Å². The number of nitrogens with one attached hydrogen (secondary N) is 2. The Labute approximate surface area is 339 Å². The molecule has 4 heterocycles. The van der Waals surface area contributed by atoms with Crippen LogP contribution in [0.2, 0.25) is 5.02 Å². The molecule has 1 saturated carbocycles. The highest BCUT2D eigenvalue weighted by Crippen LogP contribution is 2.55. The molecular weight excluding hydrogens is 760 g/mol. The van der Waals surface area contributed by atoms with Gasteiger partial charge in [-0.05, 0) is 86.2 Å². The van der Waals surface area contributed by atoms with E-state index in [1.54, 1.807) is 41.1 Å². The van der Waals surface area contributed by atoms with Crippen LogP contribution in [0.4, 0.5) is 5.69 Å². The van der Waals surface area contributed by atoms with Crippen molar-refractivity contribution in [2.45, 2.75) is 78.0 Å². The number of carbonyl (C=O) groups is 3. The molecular formula is C42H43ClN10O5. The first kappa shape index (κ1) is 38.7. The molecule has 2 aromatic heterocycles. The minimum Gasteiger partial charge on any atom is -0.489 e. The number of amides is 3. The number of piperidine rings is 2. The third-order valence-electron chi connectivity index (χ3n) is 12.0. The number of nitriles is 1. The Kier molecular flexibility index (Phi) is 10.0. The zero-order valence-electron chi connectivity index (χ0n) is 32.6. The summed E-state index contributed by atoms with van der Waals surface area (Å²) in [6.07, 6.45) is 4.69. The van der Waals surface area contributed by atoms with Gasteiger partial charge in [0, 0.05) is 53.7 Å². The molecule has 3 aliphatic rings. The Bertz CT molecular complexity index is 2520. The third-order valence-corrected chi connectivity index (χ3v) is 12.3. The minimum atomic E-state index is -0.872. The van der Waals surface area contributed by atoms with Crippen LogP contribution in [0, 0.1) is 28.1 Å². The van der Waals surface area contributed by atoms with E-state index < -0.39 is 17.5 Å². The van der Waals surface area contributed by atoms with Crippen LogP contribution < -0.4 is 25.8 Å². The van der Waals surface area contributed by atoms with Crippen molar-refractivity contribution in [2.24, 2.45) is 16.7 Å². The second kappa shape index (κ2) is 15.0. The molecule has 2 N–H and O–H groups in total. The van der Waals surface area contributed by atoms with Crippen molar-refractivity contribution in [3.8, 4) is 17.5 Å². The molecule has 2 aliphatic heterocycles. The second-order valence-corrected chi connectivity index (χ2v) is 17.1. The number of imide groups is 1. The predicted molar refractivity (Wildman–Crippen MR) is 215 cm³/mol. The fourth-order valence-corrected chi connectivity index (χ4v) is 9.36. The minimum absolute atomic E-state index is 0.138. The Morgan fingerprint density at radius 2 is 1.67 bits per heavy atom. The van der Waals surface area contributed by atoms with Crippen molar-refractivity contribution in [2.75, 3.05) is 18.0 Å². The highest BCUT2D eigenvalue weighted by molar-refractivity contribution is 6.31. The van der Waals surface area contributed by atoms with Gasteiger partial charge in [0.1, 0.15) is 29.5 Å². The Morgan fingerprint density at radius 1 is 0.948 bits per heavy atom. The smallest absolute Gasteiger partial charge is 0.278 e. The molecule has 8 rings (SSSR count). The van der Waals surface area contributed by atoms with Gasteiger partial charge in [-0.15, -0.1) is 10.2 Å². The van der Waals surface area contributed by atoms with Crippen LogP contribution in [0.5, 0.6) is 5.75 Å². The van der Waals surface area contributed by atoms with Crippen molar-refractivity contribution in [1.82, 2.24) is 40.6 Å². The molecule has 2 saturated heterocycles. The van der Waals surface area contributed by atoms with Gasteiger partial charge in [-0.2, -0.15) is 9.94 Å². The molecule has 1 unspecified atom stereocenters. The number of nitrogens with zero attached hydrogens (tertiary/aromatic N) is 8. The number of carbonyl (C=O) groups excluding carboxylic acids is 3.